The number of methoxy groups -OCH3 is 1. The van der Waals surface area contributed by atoms with Crippen molar-refractivity contribution in [3.63, 3.8) is 0 Å². The summed E-state index contributed by atoms with van der Waals surface area (Å²) in [6.45, 7) is 0. The van der Waals surface area contributed by atoms with Crippen molar-refractivity contribution in [2.45, 2.75) is 0 Å². The van der Waals surface area contributed by atoms with Crippen LogP contribution in [0, 0.1) is 40.9 Å². The second-order valence-electron chi connectivity index (χ2n) is 6.71. The normalized spacial score (nSPS) is 10.6. The van der Waals surface area contributed by atoms with E-state index in [-0.39, 0.29) is 27.8 Å². The lowest BCUT2D eigenvalue weighted by Gasteiger charge is -2.08. The van der Waals surface area contributed by atoms with Gasteiger partial charge in [-0.05, 0) is 41.3 Å². The number of hydrogen-bond acceptors (Lipinski definition) is 1. The number of halogens is 5. The summed E-state index contributed by atoms with van der Waals surface area (Å²) in [5, 5.41) is 0.566. The Morgan fingerprint density at radius 1 is 0.677 bits per heavy atom. The van der Waals surface area contributed by atoms with Crippen LogP contribution >= 0.6 is 0 Å². The quantitative estimate of drug-likeness (QED) is 0.260. The Kier molecular flexibility index (Phi) is 5.35. The average Bonchev–Trinajstić information content (AvgIpc) is 2.75. The van der Waals surface area contributed by atoms with Crippen LogP contribution in [0.25, 0.3) is 21.9 Å². The largest absolute Gasteiger partial charge is 0.497 e. The van der Waals surface area contributed by atoms with E-state index in [1.54, 1.807) is 6.07 Å². The molecule has 0 saturated carbocycles. The number of benzene rings is 4. The van der Waals surface area contributed by atoms with Gasteiger partial charge in [0, 0.05) is 23.1 Å². The fourth-order valence-corrected chi connectivity index (χ4v) is 3.20. The standard InChI is InChI=1S/C25H13F5O/c1-31-18-12-22(28)24(23(29)13-18)17-6-5-15(21(27)11-17)4-2-14-3-8-19-16(10-14)7-9-20(26)25(19)30/h3,5-13H,1H3. The molecule has 0 N–H and O–H groups in total. The Balaban J connectivity index is 1.67. The van der Waals surface area contributed by atoms with Crippen molar-refractivity contribution < 1.29 is 26.7 Å². The molecule has 31 heavy (non-hydrogen) atoms. The van der Waals surface area contributed by atoms with Gasteiger partial charge in [0.15, 0.2) is 11.6 Å². The summed E-state index contributed by atoms with van der Waals surface area (Å²) in [6.07, 6.45) is 0. The third kappa shape index (κ3) is 3.95. The minimum atomic E-state index is -0.948. The van der Waals surface area contributed by atoms with Gasteiger partial charge in [-0.3, -0.25) is 0 Å². The molecule has 0 aliphatic heterocycles. The number of hydrogen-bond donors (Lipinski definition) is 0. The highest BCUT2D eigenvalue weighted by atomic mass is 19.2. The summed E-state index contributed by atoms with van der Waals surface area (Å²) in [7, 11) is 1.28. The predicted octanol–water partition coefficient (Wildman–Crippen LogP) is 6.61. The number of fused-ring (bicyclic) bond motifs is 1. The van der Waals surface area contributed by atoms with Crippen LogP contribution in [0.1, 0.15) is 11.1 Å². The lowest BCUT2D eigenvalue weighted by Crippen LogP contribution is -1.95. The molecule has 0 bridgehead atoms. The third-order valence-electron chi connectivity index (χ3n) is 4.76. The lowest BCUT2D eigenvalue weighted by molar-refractivity contribution is 0.407. The van der Waals surface area contributed by atoms with Gasteiger partial charge in [0.1, 0.15) is 23.2 Å². The van der Waals surface area contributed by atoms with Crippen molar-refractivity contribution in [3.8, 4) is 28.7 Å². The second kappa shape index (κ2) is 8.11. The highest BCUT2D eigenvalue weighted by Crippen LogP contribution is 2.30. The molecule has 0 amide bonds. The first-order chi connectivity index (χ1) is 14.9. The van der Waals surface area contributed by atoms with E-state index in [9.17, 15) is 22.0 Å². The molecule has 0 fully saturated rings. The molecule has 0 aliphatic carbocycles. The summed E-state index contributed by atoms with van der Waals surface area (Å²) in [5.74, 6) is 1.00. The molecule has 4 rings (SSSR count). The fourth-order valence-electron chi connectivity index (χ4n) is 3.20. The van der Waals surface area contributed by atoms with Crippen molar-refractivity contribution in [1.29, 1.82) is 0 Å². The smallest absolute Gasteiger partial charge is 0.166 e. The first kappa shape index (κ1) is 20.4. The third-order valence-corrected chi connectivity index (χ3v) is 4.76. The molecule has 0 unspecified atom stereocenters. The van der Waals surface area contributed by atoms with Crippen molar-refractivity contribution >= 4 is 10.8 Å². The summed E-state index contributed by atoms with van der Waals surface area (Å²) >= 11 is 0. The predicted molar refractivity (Wildman–Crippen MR) is 108 cm³/mol. The minimum Gasteiger partial charge on any atom is -0.497 e. The van der Waals surface area contributed by atoms with E-state index in [1.807, 2.05) is 0 Å². The lowest BCUT2D eigenvalue weighted by atomic mass is 10.0. The summed E-state index contributed by atoms with van der Waals surface area (Å²) in [5.41, 5.74) is 0.129. The van der Waals surface area contributed by atoms with E-state index in [1.165, 1.54) is 37.4 Å². The first-order valence-electron chi connectivity index (χ1n) is 9.10. The first-order valence-corrected chi connectivity index (χ1v) is 9.10. The van der Waals surface area contributed by atoms with Crippen molar-refractivity contribution in [2.24, 2.45) is 0 Å². The Bertz CT molecular complexity index is 1360. The molecule has 0 aliphatic rings. The minimum absolute atomic E-state index is 0.0136. The summed E-state index contributed by atoms with van der Waals surface area (Å²) in [6, 6.07) is 12.6. The zero-order chi connectivity index (χ0) is 22.1. The number of rotatable bonds is 2. The highest BCUT2D eigenvalue weighted by Gasteiger charge is 2.15. The Morgan fingerprint density at radius 2 is 1.42 bits per heavy atom. The molecular weight excluding hydrogens is 411 g/mol. The second-order valence-corrected chi connectivity index (χ2v) is 6.71. The maximum Gasteiger partial charge on any atom is 0.166 e. The topological polar surface area (TPSA) is 9.23 Å². The van der Waals surface area contributed by atoms with Gasteiger partial charge in [0.25, 0.3) is 0 Å². The molecule has 0 aromatic heterocycles. The van der Waals surface area contributed by atoms with Crippen LogP contribution in [0.3, 0.4) is 0 Å². The highest BCUT2D eigenvalue weighted by molar-refractivity contribution is 5.84. The van der Waals surface area contributed by atoms with Crippen LogP contribution in [0.4, 0.5) is 22.0 Å². The van der Waals surface area contributed by atoms with Gasteiger partial charge < -0.3 is 4.74 Å². The van der Waals surface area contributed by atoms with Gasteiger partial charge in [0.2, 0.25) is 0 Å². The number of ether oxygens (including phenoxy) is 1. The van der Waals surface area contributed by atoms with Gasteiger partial charge in [-0.1, -0.05) is 30.0 Å². The maximum atomic E-state index is 14.5. The van der Waals surface area contributed by atoms with E-state index in [0.29, 0.717) is 10.9 Å². The molecule has 0 heterocycles. The maximum absolute atomic E-state index is 14.5. The van der Waals surface area contributed by atoms with E-state index in [2.05, 4.69) is 11.8 Å². The Labute approximate surface area is 174 Å². The molecule has 1 nitrogen and oxygen atoms in total. The van der Waals surface area contributed by atoms with Crippen LogP contribution in [-0.4, -0.2) is 7.11 Å². The van der Waals surface area contributed by atoms with Gasteiger partial charge in [0.05, 0.1) is 18.2 Å². The van der Waals surface area contributed by atoms with E-state index in [4.69, 9.17) is 4.74 Å². The molecule has 4 aromatic rings. The molecular formula is C25H13F5O. The Morgan fingerprint density at radius 3 is 2.10 bits per heavy atom. The summed E-state index contributed by atoms with van der Waals surface area (Å²) < 4.78 is 74.9. The van der Waals surface area contributed by atoms with Crippen LogP contribution < -0.4 is 4.74 Å². The molecule has 0 radical (unpaired) electrons. The fraction of sp³-hybridized carbons (Fsp3) is 0.0400. The van der Waals surface area contributed by atoms with Gasteiger partial charge in [-0.25, -0.2) is 22.0 Å². The van der Waals surface area contributed by atoms with Crippen LogP contribution in [0.5, 0.6) is 5.75 Å². The SMILES string of the molecule is COc1cc(F)c(-c2ccc(C#Cc3ccc4c(F)c(F)ccc4c3)c(F)c2)c(F)c1. The Hall–Kier alpha value is -3.85. The van der Waals surface area contributed by atoms with Gasteiger partial charge >= 0.3 is 0 Å². The van der Waals surface area contributed by atoms with Crippen molar-refractivity contribution in [2.75, 3.05) is 7.11 Å². The van der Waals surface area contributed by atoms with Gasteiger partial charge in [-0.15, -0.1) is 0 Å². The molecule has 154 valence electrons. The van der Waals surface area contributed by atoms with E-state index < -0.39 is 29.1 Å². The molecule has 0 atom stereocenters. The zero-order valence-corrected chi connectivity index (χ0v) is 16.1. The van der Waals surface area contributed by atoms with E-state index in [0.717, 1.165) is 24.3 Å². The zero-order valence-electron chi connectivity index (χ0n) is 16.1. The van der Waals surface area contributed by atoms with Crippen LogP contribution in [-0.2, 0) is 0 Å². The molecule has 0 saturated heterocycles. The summed E-state index contributed by atoms with van der Waals surface area (Å²) in [4.78, 5) is 0. The molecule has 4 aromatic carbocycles. The molecule has 0 spiro atoms. The molecule has 6 heteroatoms. The van der Waals surface area contributed by atoms with Crippen LogP contribution in [0.15, 0.2) is 60.7 Å². The van der Waals surface area contributed by atoms with Crippen LogP contribution in [0.2, 0.25) is 0 Å². The average molecular weight is 424 g/mol. The van der Waals surface area contributed by atoms with Gasteiger partial charge in [-0.2, -0.15) is 0 Å². The van der Waals surface area contributed by atoms with Crippen molar-refractivity contribution in [3.05, 3.63) is 101 Å². The van der Waals surface area contributed by atoms with E-state index >= 15 is 0 Å². The van der Waals surface area contributed by atoms with Crippen molar-refractivity contribution in [1.82, 2.24) is 0 Å². The monoisotopic (exact) mass is 424 g/mol.